The lowest BCUT2D eigenvalue weighted by atomic mass is 10.2. The number of rotatable bonds is 8. The summed E-state index contributed by atoms with van der Waals surface area (Å²) < 4.78 is 14.2. The largest absolute Gasteiger partial charge is 0.490 e. The molecule has 0 bridgehead atoms. The van der Waals surface area contributed by atoms with Crippen LogP contribution in [0.5, 0.6) is 11.5 Å². The average molecular weight is 459 g/mol. The molecule has 1 aromatic heterocycles. The second kappa shape index (κ2) is 9.48. The van der Waals surface area contributed by atoms with Gasteiger partial charge in [0.25, 0.3) is 0 Å². The van der Waals surface area contributed by atoms with E-state index in [9.17, 15) is 0 Å². The number of nitrogens with zero attached hydrogens (tertiary/aromatic N) is 3. The lowest BCUT2D eigenvalue weighted by molar-refractivity contribution is 0.295. The SMILES string of the molecule is C=CCOc1c(Br)cc(/C=N\n2c(-c3ccccc3)n[nH]c2=S)cc1OCC. The highest BCUT2D eigenvalue weighted by molar-refractivity contribution is 9.10. The first kappa shape index (κ1) is 20.0. The van der Waals surface area contributed by atoms with Crippen molar-refractivity contribution >= 4 is 34.4 Å². The van der Waals surface area contributed by atoms with Gasteiger partial charge in [-0.15, -0.1) is 0 Å². The van der Waals surface area contributed by atoms with Crippen LogP contribution >= 0.6 is 28.1 Å². The molecule has 0 spiro atoms. The number of hydrogen-bond donors (Lipinski definition) is 1. The Balaban J connectivity index is 1.96. The van der Waals surface area contributed by atoms with Crippen LogP contribution in [0.4, 0.5) is 0 Å². The van der Waals surface area contributed by atoms with Gasteiger partial charge in [0, 0.05) is 5.56 Å². The zero-order chi connectivity index (χ0) is 19.9. The van der Waals surface area contributed by atoms with Gasteiger partial charge in [-0.1, -0.05) is 43.0 Å². The minimum atomic E-state index is 0.386. The molecule has 0 saturated carbocycles. The highest BCUT2D eigenvalue weighted by atomic mass is 79.9. The fourth-order valence-corrected chi connectivity index (χ4v) is 3.26. The van der Waals surface area contributed by atoms with Crippen molar-refractivity contribution in [1.29, 1.82) is 0 Å². The van der Waals surface area contributed by atoms with Crippen molar-refractivity contribution in [1.82, 2.24) is 14.9 Å². The number of aromatic nitrogens is 3. The third kappa shape index (κ3) is 4.58. The number of hydrogen-bond acceptors (Lipinski definition) is 5. The molecular formula is C20H19BrN4O2S. The van der Waals surface area contributed by atoms with Gasteiger partial charge in [0.15, 0.2) is 17.3 Å². The summed E-state index contributed by atoms with van der Waals surface area (Å²) in [6, 6.07) is 13.5. The van der Waals surface area contributed by atoms with Gasteiger partial charge in [-0.05, 0) is 52.8 Å². The fraction of sp³-hybridized carbons (Fsp3) is 0.150. The molecule has 0 aliphatic carbocycles. The topological polar surface area (TPSA) is 64.4 Å². The summed E-state index contributed by atoms with van der Waals surface area (Å²) in [4.78, 5) is 0. The Morgan fingerprint density at radius 1 is 1.29 bits per heavy atom. The molecule has 0 aliphatic heterocycles. The summed E-state index contributed by atoms with van der Waals surface area (Å²) in [5.41, 5.74) is 1.74. The van der Waals surface area contributed by atoms with E-state index in [1.807, 2.05) is 49.4 Å². The minimum absolute atomic E-state index is 0.386. The van der Waals surface area contributed by atoms with Crippen LogP contribution in [0.2, 0.25) is 0 Å². The number of nitrogens with one attached hydrogen (secondary N) is 1. The lowest BCUT2D eigenvalue weighted by Gasteiger charge is -2.13. The molecule has 28 heavy (non-hydrogen) atoms. The van der Waals surface area contributed by atoms with E-state index in [1.54, 1.807) is 17.0 Å². The Kier molecular flexibility index (Phi) is 6.78. The zero-order valence-electron chi connectivity index (χ0n) is 15.3. The molecule has 0 amide bonds. The Morgan fingerprint density at radius 3 is 2.79 bits per heavy atom. The first-order valence-corrected chi connectivity index (χ1v) is 9.81. The van der Waals surface area contributed by atoms with E-state index < -0.39 is 0 Å². The zero-order valence-corrected chi connectivity index (χ0v) is 17.7. The van der Waals surface area contributed by atoms with Crippen LogP contribution in [-0.2, 0) is 0 Å². The Hall–Kier alpha value is -2.71. The molecule has 8 heteroatoms. The van der Waals surface area contributed by atoms with Crippen molar-refractivity contribution in [2.24, 2.45) is 5.10 Å². The van der Waals surface area contributed by atoms with E-state index >= 15 is 0 Å². The molecule has 1 N–H and O–H groups in total. The molecule has 144 valence electrons. The summed E-state index contributed by atoms with van der Waals surface area (Å²) in [5, 5.41) is 11.6. The van der Waals surface area contributed by atoms with Crippen molar-refractivity contribution in [2.45, 2.75) is 6.92 Å². The monoisotopic (exact) mass is 458 g/mol. The molecule has 3 rings (SSSR count). The van der Waals surface area contributed by atoms with E-state index in [2.05, 4.69) is 37.8 Å². The van der Waals surface area contributed by atoms with E-state index in [0.29, 0.717) is 35.3 Å². The van der Waals surface area contributed by atoms with Gasteiger partial charge in [-0.2, -0.15) is 14.9 Å². The second-order valence-corrected chi connectivity index (χ2v) is 6.88. The van der Waals surface area contributed by atoms with Crippen LogP contribution in [0.3, 0.4) is 0 Å². The predicted octanol–water partition coefficient (Wildman–Crippen LogP) is 5.22. The summed E-state index contributed by atoms with van der Waals surface area (Å²) in [6.07, 6.45) is 3.38. The van der Waals surface area contributed by atoms with Crippen molar-refractivity contribution in [3.8, 4) is 22.9 Å². The van der Waals surface area contributed by atoms with Crippen LogP contribution < -0.4 is 9.47 Å². The number of aromatic amines is 1. The van der Waals surface area contributed by atoms with E-state index in [0.717, 1.165) is 15.6 Å². The lowest BCUT2D eigenvalue weighted by Crippen LogP contribution is -2.01. The molecule has 1 heterocycles. The van der Waals surface area contributed by atoms with E-state index in [1.165, 1.54) is 0 Å². The standard InChI is InChI=1S/C20H19BrN4O2S/c1-3-10-27-18-16(21)11-14(12-17(18)26-4-2)13-22-25-19(23-24-20(25)28)15-8-6-5-7-9-15/h3,5-9,11-13H,1,4,10H2,2H3,(H,24,28)/b22-13-. The van der Waals surface area contributed by atoms with Gasteiger partial charge in [0.05, 0.1) is 17.3 Å². The van der Waals surface area contributed by atoms with Gasteiger partial charge in [0.2, 0.25) is 4.77 Å². The predicted molar refractivity (Wildman–Crippen MR) is 117 cm³/mol. The molecule has 0 saturated heterocycles. The van der Waals surface area contributed by atoms with Crippen LogP contribution in [0.1, 0.15) is 12.5 Å². The molecule has 0 fully saturated rings. The maximum Gasteiger partial charge on any atom is 0.216 e. The molecule has 0 atom stereocenters. The minimum Gasteiger partial charge on any atom is -0.490 e. The molecule has 3 aromatic rings. The first-order valence-electron chi connectivity index (χ1n) is 8.61. The second-order valence-electron chi connectivity index (χ2n) is 5.64. The number of halogens is 1. The van der Waals surface area contributed by atoms with Crippen molar-refractivity contribution in [3.05, 3.63) is 69.9 Å². The number of H-pyrrole nitrogens is 1. The smallest absolute Gasteiger partial charge is 0.216 e. The molecule has 0 unspecified atom stereocenters. The highest BCUT2D eigenvalue weighted by Gasteiger charge is 2.12. The number of benzene rings is 2. The first-order chi connectivity index (χ1) is 13.6. The van der Waals surface area contributed by atoms with E-state index in [4.69, 9.17) is 21.7 Å². The summed E-state index contributed by atoms with van der Waals surface area (Å²) in [7, 11) is 0. The quantitative estimate of drug-likeness (QED) is 0.285. The van der Waals surface area contributed by atoms with Crippen LogP contribution in [0.25, 0.3) is 11.4 Å². The normalized spacial score (nSPS) is 10.9. The van der Waals surface area contributed by atoms with Gasteiger partial charge < -0.3 is 9.47 Å². The Bertz CT molecular complexity index is 1040. The highest BCUT2D eigenvalue weighted by Crippen LogP contribution is 2.36. The van der Waals surface area contributed by atoms with Gasteiger partial charge in [-0.3, -0.25) is 0 Å². The molecule has 6 nitrogen and oxygen atoms in total. The molecule has 2 aromatic carbocycles. The molecule has 0 radical (unpaired) electrons. The molecular weight excluding hydrogens is 440 g/mol. The Morgan fingerprint density at radius 2 is 2.07 bits per heavy atom. The van der Waals surface area contributed by atoms with Crippen LogP contribution in [-0.4, -0.2) is 34.3 Å². The van der Waals surface area contributed by atoms with Crippen molar-refractivity contribution in [2.75, 3.05) is 13.2 Å². The van der Waals surface area contributed by atoms with Crippen molar-refractivity contribution < 1.29 is 9.47 Å². The van der Waals surface area contributed by atoms with Crippen LogP contribution in [0.15, 0.2) is 64.7 Å². The third-order valence-electron chi connectivity index (χ3n) is 3.68. The van der Waals surface area contributed by atoms with E-state index in [-0.39, 0.29) is 0 Å². The van der Waals surface area contributed by atoms with Crippen molar-refractivity contribution in [3.63, 3.8) is 0 Å². The average Bonchev–Trinajstić information content (AvgIpc) is 3.07. The van der Waals surface area contributed by atoms with Crippen LogP contribution in [0, 0.1) is 4.77 Å². The summed E-state index contributed by atoms with van der Waals surface area (Å²) in [6.45, 7) is 6.50. The summed E-state index contributed by atoms with van der Waals surface area (Å²) in [5.74, 6) is 1.89. The summed E-state index contributed by atoms with van der Waals surface area (Å²) >= 11 is 8.85. The Labute approximate surface area is 176 Å². The third-order valence-corrected chi connectivity index (χ3v) is 4.54. The number of ether oxygens (including phenoxy) is 2. The maximum atomic E-state index is 5.71. The molecule has 0 aliphatic rings. The fourth-order valence-electron chi connectivity index (χ4n) is 2.51. The van der Waals surface area contributed by atoms with Gasteiger partial charge >= 0.3 is 0 Å². The maximum absolute atomic E-state index is 5.71. The van der Waals surface area contributed by atoms with Gasteiger partial charge in [-0.25, -0.2) is 5.10 Å². The van der Waals surface area contributed by atoms with Gasteiger partial charge in [0.1, 0.15) is 6.61 Å².